The summed E-state index contributed by atoms with van der Waals surface area (Å²) < 4.78 is 11.0. The number of Topliss-reactive ketones (excluding diaryl/α,β-unsaturated/α-hetero) is 1. The van der Waals surface area contributed by atoms with Crippen molar-refractivity contribution >= 4 is 11.5 Å². The van der Waals surface area contributed by atoms with E-state index in [2.05, 4.69) is 5.32 Å². The number of nitro groups is 1. The molecular weight excluding hydrogens is 292 g/mol. The molecule has 0 unspecified atom stereocenters. The van der Waals surface area contributed by atoms with Gasteiger partial charge in [0.05, 0.1) is 22.7 Å². The molecule has 2 rings (SSSR count). The highest BCUT2D eigenvalue weighted by Crippen LogP contribution is 2.33. The number of hydrogen-bond acceptors (Lipinski definition) is 7. The standard InChI is InChI=1S/C14H16N2O6/c1-2-21-14-11(8-15-5-6-17)13(18)10-7-9(16(19)20)3-4-12(10)22-14/h3-4,7-8,14-15,17H,2,5-6H2,1H3/b11-8-/t14-/m1/s1. The molecule has 0 spiro atoms. The van der Waals surface area contributed by atoms with Crippen molar-refractivity contribution < 1.29 is 24.3 Å². The Hall–Kier alpha value is -2.45. The summed E-state index contributed by atoms with van der Waals surface area (Å²) in [5, 5.41) is 22.4. The fourth-order valence-corrected chi connectivity index (χ4v) is 2.01. The molecule has 8 nitrogen and oxygen atoms in total. The first-order valence-corrected chi connectivity index (χ1v) is 6.74. The van der Waals surface area contributed by atoms with Gasteiger partial charge in [0.15, 0.2) is 0 Å². The van der Waals surface area contributed by atoms with Crippen molar-refractivity contribution in [3.8, 4) is 5.75 Å². The van der Waals surface area contributed by atoms with E-state index >= 15 is 0 Å². The van der Waals surface area contributed by atoms with Crippen LogP contribution in [0.5, 0.6) is 5.75 Å². The van der Waals surface area contributed by atoms with Crippen LogP contribution in [0.4, 0.5) is 5.69 Å². The Morgan fingerprint density at radius 3 is 2.95 bits per heavy atom. The molecular formula is C14H16N2O6. The van der Waals surface area contributed by atoms with Crippen LogP contribution in [0.2, 0.25) is 0 Å². The highest BCUT2D eigenvalue weighted by molar-refractivity contribution is 6.12. The second-order valence-corrected chi connectivity index (χ2v) is 4.45. The Labute approximate surface area is 126 Å². The van der Waals surface area contributed by atoms with E-state index in [1.54, 1.807) is 6.92 Å². The van der Waals surface area contributed by atoms with Gasteiger partial charge in [-0.3, -0.25) is 14.9 Å². The zero-order chi connectivity index (χ0) is 16.1. The van der Waals surface area contributed by atoms with Gasteiger partial charge in [0, 0.05) is 31.5 Å². The number of ether oxygens (including phenoxy) is 2. The van der Waals surface area contributed by atoms with E-state index in [0.29, 0.717) is 6.61 Å². The third kappa shape index (κ3) is 3.23. The van der Waals surface area contributed by atoms with E-state index in [-0.39, 0.29) is 35.7 Å². The normalized spacial score (nSPS) is 18.7. The van der Waals surface area contributed by atoms with Gasteiger partial charge in [-0.1, -0.05) is 0 Å². The van der Waals surface area contributed by atoms with Crippen LogP contribution in [0.25, 0.3) is 0 Å². The second-order valence-electron chi connectivity index (χ2n) is 4.45. The number of rotatable bonds is 6. The lowest BCUT2D eigenvalue weighted by molar-refractivity contribution is -0.384. The molecule has 1 aliphatic rings. The van der Waals surface area contributed by atoms with Gasteiger partial charge in [-0.05, 0) is 13.0 Å². The van der Waals surface area contributed by atoms with Gasteiger partial charge >= 0.3 is 0 Å². The van der Waals surface area contributed by atoms with E-state index in [0.717, 1.165) is 0 Å². The molecule has 0 saturated heterocycles. The molecule has 0 fully saturated rings. The summed E-state index contributed by atoms with van der Waals surface area (Å²) in [5.74, 6) is -0.165. The van der Waals surface area contributed by atoms with Gasteiger partial charge in [0.25, 0.3) is 5.69 Å². The fourth-order valence-electron chi connectivity index (χ4n) is 2.01. The lowest BCUT2D eigenvalue weighted by Crippen LogP contribution is -2.34. The fraction of sp³-hybridized carbons (Fsp3) is 0.357. The molecule has 0 bridgehead atoms. The molecule has 1 aromatic carbocycles. The molecule has 1 aliphatic heterocycles. The Morgan fingerprint density at radius 2 is 2.32 bits per heavy atom. The molecule has 0 aliphatic carbocycles. The minimum absolute atomic E-state index is 0.0970. The van der Waals surface area contributed by atoms with Gasteiger partial charge in [0.2, 0.25) is 12.1 Å². The minimum atomic E-state index is -0.891. The maximum Gasteiger partial charge on any atom is 0.270 e. The summed E-state index contributed by atoms with van der Waals surface area (Å²) >= 11 is 0. The summed E-state index contributed by atoms with van der Waals surface area (Å²) in [5.41, 5.74) is 0.124. The van der Waals surface area contributed by atoms with Gasteiger partial charge in [-0.2, -0.15) is 0 Å². The number of hydrogen-bond donors (Lipinski definition) is 2. The first-order valence-electron chi connectivity index (χ1n) is 6.74. The van der Waals surface area contributed by atoms with Crippen molar-refractivity contribution in [3.05, 3.63) is 45.6 Å². The number of aliphatic hydroxyl groups excluding tert-OH is 1. The largest absolute Gasteiger partial charge is 0.460 e. The van der Waals surface area contributed by atoms with Crippen molar-refractivity contribution in [3.63, 3.8) is 0 Å². The first kappa shape index (κ1) is 15.9. The molecule has 1 aromatic rings. The number of aliphatic hydroxyl groups is 1. The highest BCUT2D eigenvalue weighted by Gasteiger charge is 2.33. The van der Waals surface area contributed by atoms with Crippen molar-refractivity contribution in [2.75, 3.05) is 19.8 Å². The summed E-state index contributed by atoms with van der Waals surface area (Å²) in [7, 11) is 0. The van der Waals surface area contributed by atoms with Crippen LogP contribution < -0.4 is 10.1 Å². The summed E-state index contributed by atoms with van der Waals surface area (Å²) in [4.78, 5) is 22.8. The maximum absolute atomic E-state index is 12.5. The van der Waals surface area contributed by atoms with E-state index < -0.39 is 17.0 Å². The van der Waals surface area contributed by atoms with Crippen molar-refractivity contribution in [1.29, 1.82) is 0 Å². The Kier molecular flexibility index (Phi) is 5.08. The lowest BCUT2D eigenvalue weighted by atomic mass is 9.99. The number of fused-ring (bicyclic) bond motifs is 1. The lowest BCUT2D eigenvalue weighted by Gasteiger charge is -2.27. The Morgan fingerprint density at radius 1 is 1.55 bits per heavy atom. The molecule has 0 saturated carbocycles. The molecule has 8 heteroatoms. The summed E-state index contributed by atoms with van der Waals surface area (Å²) in [6, 6.07) is 3.84. The van der Waals surface area contributed by atoms with E-state index in [9.17, 15) is 14.9 Å². The van der Waals surface area contributed by atoms with Crippen molar-refractivity contribution in [1.82, 2.24) is 5.32 Å². The van der Waals surface area contributed by atoms with Gasteiger partial charge in [-0.25, -0.2) is 0 Å². The SMILES string of the molecule is CCO[C@@H]1Oc2ccc([N+](=O)[O-])cc2C(=O)/C1=C/NCCO. The van der Waals surface area contributed by atoms with Gasteiger partial charge < -0.3 is 19.9 Å². The molecule has 1 atom stereocenters. The quantitative estimate of drug-likeness (QED) is 0.349. The van der Waals surface area contributed by atoms with Crippen LogP contribution in [-0.2, 0) is 4.74 Å². The van der Waals surface area contributed by atoms with Crippen LogP contribution >= 0.6 is 0 Å². The van der Waals surface area contributed by atoms with Crippen LogP contribution in [0, 0.1) is 10.1 Å². The zero-order valence-electron chi connectivity index (χ0n) is 11.9. The zero-order valence-corrected chi connectivity index (χ0v) is 11.9. The highest BCUT2D eigenvalue weighted by atomic mass is 16.7. The topological polar surface area (TPSA) is 111 Å². The smallest absolute Gasteiger partial charge is 0.270 e. The van der Waals surface area contributed by atoms with Crippen LogP contribution in [0.3, 0.4) is 0 Å². The van der Waals surface area contributed by atoms with E-state index in [1.807, 2.05) is 0 Å². The number of nitrogens with zero attached hydrogens (tertiary/aromatic N) is 1. The average Bonchev–Trinajstić information content (AvgIpc) is 2.50. The number of carbonyl (C=O) groups excluding carboxylic acids is 1. The third-order valence-corrected chi connectivity index (χ3v) is 3.00. The number of benzene rings is 1. The monoisotopic (exact) mass is 308 g/mol. The molecule has 1 heterocycles. The predicted molar refractivity (Wildman–Crippen MR) is 76.6 cm³/mol. The van der Waals surface area contributed by atoms with E-state index in [4.69, 9.17) is 14.6 Å². The number of nitrogens with one attached hydrogen (secondary N) is 1. The predicted octanol–water partition coefficient (Wildman–Crippen LogP) is 0.998. The number of non-ortho nitro benzene ring substituents is 1. The molecule has 118 valence electrons. The van der Waals surface area contributed by atoms with E-state index in [1.165, 1.54) is 24.4 Å². The molecule has 22 heavy (non-hydrogen) atoms. The molecule has 0 radical (unpaired) electrons. The summed E-state index contributed by atoms with van der Waals surface area (Å²) in [6.45, 7) is 2.26. The number of carbonyl (C=O) groups is 1. The van der Waals surface area contributed by atoms with Gasteiger partial charge in [-0.15, -0.1) is 0 Å². The summed E-state index contributed by atoms with van der Waals surface area (Å²) in [6.07, 6.45) is 0.512. The molecule has 0 aromatic heterocycles. The number of nitro benzene ring substituents is 1. The number of ketones is 1. The average molecular weight is 308 g/mol. The minimum Gasteiger partial charge on any atom is -0.460 e. The maximum atomic E-state index is 12.5. The first-order chi connectivity index (χ1) is 10.6. The van der Waals surface area contributed by atoms with Crippen LogP contribution in [0.15, 0.2) is 30.0 Å². The van der Waals surface area contributed by atoms with Gasteiger partial charge in [0.1, 0.15) is 5.75 Å². The van der Waals surface area contributed by atoms with Crippen LogP contribution in [-0.4, -0.2) is 41.9 Å². The van der Waals surface area contributed by atoms with Crippen molar-refractivity contribution in [2.24, 2.45) is 0 Å². The molecule has 2 N–H and O–H groups in total. The Balaban J connectivity index is 2.38. The molecule has 0 amide bonds. The Bertz CT molecular complexity index is 613. The van der Waals surface area contributed by atoms with Crippen LogP contribution in [0.1, 0.15) is 17.3 Å². The second kappa shape index (κ2) is 7.01. The van der Waals surface area contributed by atoms with Crippen molar-refractivity contribution in [2.45, 2.75) is 13.2 Å². The third-order valence-electron chi connectivity index (χ3n) is 3.00.